The molecule has 0 aliphatic rings. The highest BCUT2D eigenvalue weighted by Crippen LogP contribution is 2.18. The second-order valence-corrected chi connectivity index (χ2v) is 12.0. The first-order valence-electron chi connectivity index (χ1n) is 17.4. The molecule has 2 aromatic heterocycles. The van der Waals surface area contributed by atoms with Gasteiger partial charge in [0, 0.05) is 74.7 Å². The van der Waals surface area contributed by atoms with Gasteiger partial charge in [0.25, 0.3) is 0 Å². The number of likely N-dealkylation sites (N-methyl/N-ethyl adjacent to an activating group) is 2. The highest BCUT2D eigenvalue weighted by atomic mass is 16.3. The van der Waals surface area contributed by atoms with Gasteiger partial charge in [0.15, 0.2) is 24.8 Å². The van der Waals surface area contributed by atoms with Gasteiger partial charge in [-0.1, -0.05) is 55.0 Å². The van der Waals surface area contributed by atoms with Crippen LogP contribution in [-0.2, 0) is 13.1 Å². The number of hydrogen-bond donors (Lipinski definition) is 2. The molecule has 2 aromatic carbocycles. The van der Waals surface area contributed by atoms with E-state index in [2.05, 4.69) is 155 Å². The van der Waals surface area contributed by atoms with Gasteiger partial charge in [-0.15, -0.1) is 0 Å². The van der Waals surface area contributed by atoms with Crippen LogP contribution in [0.15, 0.2) is 97.6 Å². The fraction of sp³-hybridized carbons (Fsp3) is 0.366. The van der Waals surface area contributed by atoms with Gasteiger partial charge in [-0.2, -0.15) is 0 Å². The summed E-state index contributed by atoms with van der Waals surface area (Å²) in [5, 5.41) is 18.5. The van der Waals surface area contributed by atoms with Crippen molar-refractivity contribution in [2.75, 3.05) is 49.2 Å². The summed E-state index contributed by atoms with van der Waals surface area (Å²) in [6.45, 7) is 9.76. The molecule has 0 atom stereocenters. The summed E-state index contributed by atoms with van der Waals surface area (Å²) < 4.78 is 4.57. The summed E-state index contributed by atoms with van der Waals surface area (Å²) in [5.74, 6) is 0. The monoisotopic (exact) mass is 634 g/mol. The molecule has 0 aliphatic heterocycles. The number of nitrogens with zero attached hydrogens (tertiary/aromatic N) is 4. The summed E-state index contributed by atoms with van der Waals surface area (Å²) in [5.41, 5.74) is 7.04. The van der Waals surface area contributed by atoms with Crippen LogP contribution < -0.4 is 18.9 Å². The van der Waals surface area contributed by atoms with Crippen LogP contribution >= 0.6 is 0 Å². The third-order valence-electron chi connectivity index (χ3n) is 8.62. The number of pyridine rings is 2. The zero-order valence-corrected chi connectivity index (χ0v) is 28.4. The molecule has 0 fully saturated rings. The van der Waals surface area contributed by atoms with Crippen molar-refractivity contribution < 1.29 is 19.3 Å². The number of aryl methyl sites for hydroxylation is 2. The van der Waals surface area contributed by atoms with E-state index in [1.165, 1.54) is 54.4 Å². The van der Waals surface area contributed by atoms with Crippen LogP contribution in [0.4, 0.5) is 11.4 Å². The normalized spacial score (nSPS) is 11.5. The molecular weight excluding hydrogens is 580 g/mol. The Morgan fingerprint density at radius 2 is 0.787 bits per heavy atom. The maximum absolute atomic E-state index is 9.25. The van der Waals surface area contributed by atoms with E-state index in [1.807, 2.05) is 0 Å². The Balaban J connectivity index is 1.09. The van der Waals surface area contributed by atoms with E-state index >= 15 is 0 Å². The first kappa shape index (κ1) is 35.6. The predicted molar refractivity (Wildman–Crippen MR) is 197 cm³/mol. The first-order valence-corrected chi connectivity index (χ1v) is 17.4. The van der Waals surface area contributed by atoms with E-state index < -0.39 is 0 Å². The second kappa shape index (κ2) is 20.1. The minimum absolute atomic E-state index is 0.169. The third kappa shape index (κ3) is 12.1. The number of aliphatic hydroxyl groups is 2. The van der Waals surface area contributed by atoms with Crippen molar-refractivity contribution in [1.82, 2.24) is 0 Å². The van der Waals surface area contributed by atoms with Crippen molar-refractivity contribution in [2.45, 2.75) is 59.0 Å². The standard InChI is InChI=1S/C41H54N4O2/c1-3-44(32-34-46)40-18-14-36(15-19-40)10-12-38-22-28-42(29-23-38)26-8-6-5-7-9-27-43-30-24-39(25-31-43)13-11-37-16-20-41(21-17-37)45(4-2)33-35-47/h10-25,28-31,46-47H,3-9,26-27,32-35H2,1-2H3/q+2. The Labute approximate surface area is 282 Å². The molecule has 0 bridgehead atoms. The Bertz CT molecular complexity index is 1370. The van der Waals surface area contributed by atoms with Gasteiger partial charge in [0.05, 0.1) is 13.2 Å². The van der Waals surface area contributed by atoms with Gasteiger partial charge >= 0.3 is 0 Å². The van der Waals surface area contributed by atoms with Crippen LogP contribution in [0.3, 0.4) is 0 Å². The molecular formula is C41H54N4O2+2. The largest absolute Gasteiger partial charge is 0.395 e. The molecule has 0 spiro atoms. The number of anilines is 2. The number of benzene rings is 2. The second-order valence-electron chi connectivity index (χ2n) is 12.0. The minimum Gasteiger partial charge on any atom is -0.395 e. The van der Waals surface area contributed by atoms with Crippen molar-refractivity contribution in [1.29, 1.82) is 0 Å². The number of aliphatic hydroxyl groups excluding tert-OH is 2. The Hall–Kier alpha value is -4.26. The lowest BCUT2D eigenvalue weighted by Gasteiger charge is -2.21. The predicted octanol–water partition coefficient (Wildman–Crippen LogP) is 6.89. The topological polar surface area (TPSA) is 54.7 Å². The lowest BCUT2D eigenvalue weighted by molar-refractivity contribution is -0.697. The molecule has 4 rings (SSSR count). The summed E-state index contributed by atoms with van der Waals surface area (Å²) in [7, 11) is 0. The maximum atomic E-state index is 9.25. The van der Waals surface area contributed by atoms with Crippen LogP contribution in [0.2, 0.25) is 0 Å². The van der Waals surface area contributed by atoms with Gasteiger partial charge in [0.2, 0.25) is 0 Å². The van der Waals surface area contributed by atoms with Crippen molar-refractivity contribution in [3.8, 4) is 0 Å². The summed E-state index contributed by atoms with van der Waals surface area (Å²) in [6, 6.07) is 25.7. The summed E-state index contributed by atoms with van der Waals surface area (Å²) in [4.78, 5) is 4.35. The fourth-order valence-corrected chi connectivity index (χ4v) is 5.74. The lowest BCUT2D eigenvalue weighted by Crippen LogP contribution is -2.32. The van der Waals surface area contributed by atoms with E-state index in [-0.39, 0.29) is 13.2 Å². The fourth-order valence-electron chi connectivity index (χ4n) is 5.74. The van der Waals surface area contributed by atoms with Gasteiger partial charge < -0.3 is 20.0 Å². The van der Waals surface area contributed by atoms with Crippen LogP contribution in [0.1, 0.15) is 68.2 Å². The number of aromatic nitrogens is 2. The molecule has 47 heavy (non-hydrogen) atoms. The number of unbranched alkanes of at least 4 members (excludes halogenated alkanes) is 4. The van der Waals surface area contributed by atoms with Crippen LogP contribution in [0.25, 0.3) is 24.3 Å². The molecule has 6 nitrogen and oxygen atoms in total. The van der Waals surface area contributed by atoms with Gasteiger partial charge in [-0.05, 0) is 73.2 Å². The average molecular weight is 635 g/mol. The molecule has 248 valence electrons. The molecule has 0 radical (unpaired) electrons. The SMILES string of the molecule is CCN(CCO)c1ccc(/C=C/c2cc[n+](CCCCCCC[n+]3ccc(/C=C/c4ccc(N(CC)CCO)cc4)cc3)cc2)cc1. The van der Waals surface area contributed by atoms with Crippen LogP contribution in [0.5, 0.6) is 0 Å². The molecule has 2 heterocycles. The Kier molecular flexibility index (Phi) is 15.2. The van der Waals surface area contributed by atoms with Crippen LogP contribution in [-0.4, -0.2) is 49.6 Å². The zero-order valence-electron chi connectivity index (χ0n) is 28.4. The highest BCUT2D eigenvalue weighted by Gasteiger charge is 2.05. The minimum atomic E-state index is 0.169. The van der Waals surface area contributed by atoms with Crippen LogP contribution in [0, 0.1) is 0 Å². The average Bonchev–Trinajstić information content (AvgIpc) is 3.12. The van der Waals surface area contributed by atoms with Crippen molar-refractivity contribution in [2.24, 2.45) is 0 Å². The molecule has 0 amide bonds. The number of hydrogen-bond acceptors (Lipinski definition) is 4. The van der Waals surface area contributed by atoms with E-state index in [0.29, 0.717) is 13.1 Å². The van der Waals surface area contributed by atoms with E-state index in [0.717, 1.165) is 37.6 Å². The molecule has 0 saturated heterocycles. The molecule has 0 aliphatic carbocycles. The first-order chi connectivity index (χ1) is 23.1. The molecule has 6 heteroatoms. The maximum Gasteiger partial charge on any atom is 0.169 e. The smallest absolute Gasteiger partial charge is 0.169 e. The Morgan fingerprint density at radius 3 is 1.11 bits per heavy atom. The third-order valence-corrected chi connectivity index (χ3v) is 8.62. The van der Waals surface area contributed by atoms with E-state index in [4.69, 9.17) is 0 Å². The Morgan fingerprint density at radius 1 is 0.468 bits per heavy atom. The highest BCUT2D eigenvalue weighted by molar-refractivity contribution is 5.71. The van der Waals surface area contributed by atoms with E-state index in [9.17, 15) is 10.2 Å². The van der Waals surface area contributed by atoms with Crippen molar-refractivity contribution in [3.05, 3.63) is 120 Å². The van der Waals surface area contributed by atoms with Crippen molar-refractivity contribution in [3.63, 3.8) is 0 Å². The molecule has 0 saturated carbocycles. The lowest BCUT2D eigenvalue weighted by atomic mass is 10.1. The molecule has 4 aromatic rings. The van der Waals surface area contributed by atoms with Gasteiger partial charge in [0.1, 0.15) is 13.1 Å². The molecule has 2 N–H and O–H groups in total. The summed E-state index contributed by atoms with van der Waals surface area (Å²) >= 11 is 0. The quantitative estimate of drug-likeness (QED) is 0.0822. The van der Waals surface area contributed by atoms with Gasteiger partial charge in [-0.3, -0.25) is 0 Å². The summed E-state index contributed by atoms with van der Waals surface area (Å²) in [6.07, 6.45) is 23.5. The number of rotatable bonds is 20. The van der Waals surface area contributed by atoms with Gasteiger partial charge in [-0.25, -0.2) is 9.13 Å². The molecule has 0 unspecified atom stereocenters. The van der Waals surface area contributed by atoms with Crippen molar-refractivity contribution >= 4 is 35.7 Å². The zero-order chi connectivity index (χ0) is 33.1. The van der Waals surface area contributed by atoms with E-state index in [1.54, 1.807) is 0 Å².